The highest BCUT2D eigenvalue weighted by atomic mass is 16.2. The molecule has 0 saturated carbocycles. The van der Waals surface area contributed by atoms with E-state index in [-0.39, 0.29) is 5.56 Å². The summed E-state index contributed by atoms with van der Waals surface area (Å²) in [7, 11) is 0. The van der Waals surface area contributed by atoms with Gasteiger partial charge < -0.3 is 4.98 Å². The summed E-state index contributed by atoms with van der Waals surface area (Å²) in [5, 5.41) is 0. The van der Waals surface area contributed by atoms with Crippen LogP contribution in [0, 0.1) is 12.5 Å². The molecular weight excluding hydrogens is 266 g/mol. The molecule has 3 rings (SSSR count). The Morgan fingerprint density at radius 2 is 2.14 bits per heavy atom. The fourth-order valence-electron chi connectivity index (χ4n) is 2.99. The van der Waals surface area contributed by atoms with E-state index in [9.17, 15) is 9.59 Å². The first-order valence-electron chi connectivity index (χ1n) is 6.96. The molecule has 0 saturated heterocycles. The fraction of sp³-hybridized carbons (Fsp3) is 0.312. The number of rotatable bonds is 2. The molecule has 0 spiro atoms. The molecule has 1 atom stereocenters. The zero-order valence-corrected chi connectivity index (χ0v) is 11.5. The van der Waals surface area contributed by atoms with Crippen LogP contribution in [0.15, 0.2) is 33.9 Å². The summed E-state index contributed by atoms with van der Waals surface area (Å²) < 4.78 is 0. The lowest BCUT2D eigenvalue weighted by molar-refractivity contribution is 0.446. The van der Waals surface area contributed by atoms with Gasteiger partial charge in [0.15, 0.2) is 5.69 Å². The van der Waals surface area contributed by atoms with E-state index in [1.807, 2.05) is 18.2 Å². The van der Waals surface area contributed by atoms with Gasteiger partial charge in [-0.25, -0.2) is 9.64 Å². The fourth-order valence-corrected chi connectivity index (χ4v) is 2.99. The van der Waals surface area contributed by atoms with Gasteiger partial charge in [0.2, 0.25) is 0 Å². The van der Waals surface area contributed by atoms with Gasteiger partial charge in [0, 0.05) is 11.3 Å². The molecule has 1 unspecified atom stereocenters. The number of benzene rings is 1. The van der Waals surface area contributed by atoms with E-state index in [4.69, 9.17) is 6.57 Å². The third kappa shape index (κ3) is 2.79. The highest BCUT2D eigenvalue weighted by Gasteiger charge is 2.22. The Labute approximate surface area is 121 Å². The average molecular weight is 281 g/mol. The summed E-state index contributed by atoms with van der Waals surface area (Å²) in [6.07, 6.45) is 3.18. The van der Waals surface area contributed by atoms with E-state index in [0.717, 1.165) is 30.5 Å². The summed E-state index contributed by atoms with van der Waals surface area (Å²) in [5.74, 6) is 0.366. The van der Waals surface area contributed by atoms with Crippen molar-refractivity contribution in [2.45, 2.75) is 25.7 Å². The molecule has 5 heteroatoms. The molecule has 0 radical (unpaired) electrons. The third-order valence-corrected chi connectivity index (χ3v) is 3.99. The van der Waals surface area contributed by atoms with Crippen molar-refractivity contribution in [2.75, 3.05) is 0 Å². The zero-order chi connectivity index (χ0) is 14.8. The smallest absolute Gasteiger partial charge is 0.311 e. The molecular formula is C16H15N3O2. The van der Waals surface area contributed by atoms with Crippen molar-refractivity contribution in [2.24, 2.45) is 5.92 Å². The van der Waals surface area contributed by atoms with E-state index < -0.39 is 5.69 Å². The Bertz CT molecular complexity index is 826. The number of aromatic amines is 2. The third-order valence-electron chi connectivity index (χ3n) is 3.99. The highest BCUT2D eigenvalue weighted by Crippen LogP contribution is 2.25. The first-order chi connectivity index (χ1) is 10.2. The average Bonchev–Trinajstić information content (AvgIpc) is 2.48. The molecule has 1 aliphatic carbocycles. The Kier molecular flexibility index (Phi) is 3.44. The minimum absolute atomic E-state index is 0.270. The van der Waals surface area contributed by atoms with Crippen LogP contribution in [0.2, 0.25) is 0 Å². The van der Waals surface area contributed by atoms with E-state index in [1.54, 1.807) is 6.07 Å². The molecule has 0 amide bonds. The van der Waals surface area contributed by atoms with Crippen molar-refractivity contribution in [1.82, 2.24) is 9.97 Å². The van der Waals surface area contributed by atoms with Gasteiger partial charge in [-0.1, -0.05) is 29.8 Å². The summed E-state index contributed by atoms with van der Waals surface area (Å²) in [6, 6.07) is 7.60. The van der Waals surface area contributed by atoms with Gasteiger partial charge in [0.05, 0.1) is 6.57 Å². The molecule has 5 nitrogen and oxygen atoms in total. The van der Waals surface area contributed by atoms with Crippen molar-refractivity contribution in [3.8, 4) is 0 Å². The number of hydrogen-bond donors (Lipinski definition) is 2. The normalized spacial score (nSPS) is 17.0. The van der Waals surface area contributed by atoms with Gasteiger partial charge in [-0.05, 0) is 31.6 Å². The number of aryl methyl sites for hydroxylation is 1. The summed E-state index contributed by atoms with van der Waals surface area (Å²) in [5.41, 5.74) is 2.54. The highest BCUT2D eigenvalue weighted by molar-refractivity contribution is 5.46. The maximum absolute atomic E-state index is 11.9. The van der Waals surface area contributed by atoms with Gasteiger partial charge in [-0.15, -0.1) is 0 Å². The van der Waals surface area contributed by atoms with Crippen LogP contribution in [-0.2, 0) is 19.3 Å². The van der Waals surface area contributed by atoms with Crippen LogP contribution in [-0.4, -0.2) is 9.97 Å². The first kappa shape index (κ1) is 13.4. The van der Waals surface area contributed by atoms with Gasteiger partial charge >= 0.3 is 5.69 Å². The molecule has 106 valence electrons. The van der Waals surface area contributed by atoms with E-state index >= 15 is 0 Å². The van der Waals surface area contributed by atoms with Crippen LogP contribution in [0.5, 0.6) is 0 Å². The lowest BCUT2D eigenvalue weighted by atomic mass is 9.83. The lowest BCUT2D eigenvalue weighted by Crippen LogP contribution is -2.32. The molecule has 0 fully saturated rings. The zero-order valence-electron chi connectivity index (χ0n) is 11.5. The molecule has 2 aromatic rings. The van der Waals surface area contributed by atoms with Crippen LogP contribution in [0.1, 0.15) is 23.2 Å². The van der Waals surface area contributed by atoms with Gasteiger partial charge in [-0.3, -0.25) is 9.78 Å². The van der Waals surface area contributed by atoms with Crippen molar-refractivity contribution in [3.63, 3.8) is 0 Å². The largest absolute Gasteiger partial charge is 0.325 e. The standard InChI is InChI=1S/C16H15N3O2/c1-17-12-4-2-3-10(8-12)7-11-5-6-14-13(9-11)15(20)19-16(21)18-14/h2-4,8,11H,5-7,9H2,(H2,18,19,20,21). The van der Waals surface area contributed by atoms with Gasteiger partial charge in [-0.2, -0.15) is 0 Å². The molecule has 1 aromatic heterocycles. The molecule has 1 aromatic carbocycles. The van der Waals surface area contributed by atoms with Crippen LogP contribution < -0.4 is 11.2 Å². The minimum atomic E-state index is -0.429. The molecule has 0 aliphatic heterocycles. The van der Waals surface area contributed by atoms with Crippen LogP contribution in [0.25, 0.3) is 4.85 Å². The maximum atomic E-state index is 11.9. The minimum Gasteiger partial charge on any atom is -0.311 e. The monoisotopic (exact) mass is 281 g/mol. The van der Waals surface area contributed by atoms with E-state index in [1.165, 1.54) is 0 Å². The van der Waals surface area contributed by atoms with Crippen LogP contribution in [0.3, 0.4) is 0 Å². The summed E-state index contributed by atoms with van der Waals surface area (Å²) in [6.45, 7) is 7.05. The number of nitrogens with zero attached hydrogens (tertiary/aromatic N) is 1. The van der Waals surface area contributed by atoms with E-state index in [2.05, 4.69) is 14.8 Å². The quantitative estimate of drug-likeness (QED) is 0.826. The number of H-pyrrole nitrogens is 2. The van der Waals surface area contributed by atoms with Crippen molar-refractivity contribution in [3.05, 3.63) is 73.3 Å². The molecule has 1 aliphatic rings. The second-order valence-electron chi connectivity index (χ2n) is 5.46. The summed E-state index contributed by atoms with van der Waals surface area (Å²) >= 11 is 0. The number of fused-ring (bicyclic) bond motifs is 1. The lowest BCUT2D eigenvalue weighted by Gasteiger charge is -2.23. The topological polar surface area (TPSA) is 70.1 Å². The predicted molar refractivity (Wildman–Crippen MR) is 79.6 cm³/mol. The molecule has 21 heavy (non-hydrogen) atoms. The Hall–Kier alpha value is -2.61. The number of nitrogens with one attached hydrogen (secondary N) is 2. The molecule has 2 N–H and O–H groups in total. The SMILES string of the molecule is [C-]#[N+]c1cccc(CC2CCc3[nH]c(=O)[nH]c(=O)c3C2)c1. The van der Waals surface area contributed by atoms with Crippen molar-refractivity contribution >= 4 is 5.69 Å². The molecule has 1 heterocycles. The van der Waals surface area contributed by atoms with Crippen LogP contribution in [0.4, 0.5) is 5.69 Å². The maximum Gasteiger partial charge on any atom is 0.325 e. The Morgan fingerprint density at radius 1 is 1.29 bits per heavy atom. The Morgan fingerprint density at radius 3 is 2.95 bits per heavy atom. The van der Waals surface area contributed by atoms with Gasteiger partial charge in [0.25, 0.3) is 5.56 Å². The van der Waals surface area contributed by atoms with Crippen LogP contribution >= 0.6 is 0 Å². The van der Waals surface area contributed by atoms with Crippen molar-refractivity contribution < 1.29 is 0 Å². The van der Waals surface area contributed by atoms with Crippen molar-refractivity contribution in [1.29, 1.82) is 0 Å². The second-order valence-corrected chi connectivity index (χ2v) is 5.46. The Balaban J connectivity index is 1.82. The van der Waals surface area contributed by atoms with E-state index in [0.29, 0.717) is 23.6 Å². The predicted octanol–water partition coefficient (Wildman–Crippen LogP) is 1.96. The molecule has 0 bridgehead atoms. The van der Waals surface area contributed by atoms with Gasteiger partial charge in [0.1, 0.15) is 0 Å². The number of aromatic nitrogens is 2. The number of hydrogen-bond acceptors (Lipinski definition) is 2. The first-order valence-corrected chi connectivity index (χ1v) is 6.96. The summed E-state index contributed by atoms with van der Waals surface area (Å²) in [4.78, 5) is 31.6. The second kappa shape index (κ2) is 5.41.